The van der Waals surface area contributed by atoms with Gasteiger partial charge in [0.25, 0.3) is 0 Å². The number of carbonyl (C=O) groups excluding carboxylic acids is 1. The summed E-state index contributed by atoms with van der Waals surface area (Å²) in [5.74, 6) is 0.289. The van der Waals surface area contributed by atoms with Gasteiger partial charge < -0.3 is 9.47 Å². The van der Waals surface area contributed by atoms with Gasteiger partial charge in [-0.15, -0.1) is 0 Å². The lowest BCUT2D eigenvalue weighted by atomic mass is 10.1. The molecule has 1 aliphatic carbocycles. The molecular formula is C22H19Cl2NO3. The van der Waals surface area contributed by atoms with E-state index in [1.54, 1.807) is 30.3 Å². The molecule has 0 spiro atoms. The lowest BCUT2D eigenvalue weighted by Gasteiger charge is -2.13. The van der Waals surface area contributed by atoms with Crippen LogP contribution < -0.4 is 4.74 Å². The van der Waals surface area contributed by atoms with Crippen LogP contribution >= 0.6 is 23.2 Å². The number of hydrogen-bond donors (Lipinski definition) is 0. The van der Waals surface area contributed by atoms with Crippen LogP contribution in [-0.2, 0) is 9.53 Å². The van der Waals surface area contributed by atoms with Crippen LogP contribution in [-0.4, -0.2) is 5.97 Å². The van der Waals surface area contributed by atoms with Crippen molar-refractivity contribution in [2.24, 2.45) is 17.3 Å². The number of halogens is 2. The van der Waals surface area contributed by atoms with Gasteiger partial charge in [0.1, 0.15) is 22.1 Å². The van der Waals surface area contributed by atoms with Crippen LogP contribution in [0.5, 0.6) is 11.5 Å². The van der Waals surface area contributed by atoms with E-state index in [1.165, 1.54) is 0 Å². The summed E-state index contributed by atoms with van der Waals surface area (Å²) >= 11 is 11.5. The number of allylic oxidation sites excluding steroid dienone is 1. The first kappa shape index (κ1) is 20.3. The Balaban J connectivity index is 1.72. The van der Waals surface area contributed by atoms with Crippen molar-refractivity contribution in [3.63, 3.8) is 0 Å². The predicted molar refractivity (Wildman–Crippen MR) is 108 cm³/mol. The second-order valence-electron chi connectivity index (χ2n) is 7.21. The largest absolute Gasteiger partial charge is 0.457 e. The van der Waals surface area contributed by atoms with Crippen LogP contribution in [0, 0.1) is 28.6 Å². The highest BCUT2D eigenvalue weighted by atomic mass is 35.5. The Morgan fingerprint density at radius 3 is 2.46 bits per heavy atom. The minimum atomic E-state index is -1.03. The molecule has 0 bridgehead atoms. The first-order valence-corrected chi connectivity index (χ1v) is 9.54. The van der Waals surface area contributed by atoms with Crippen LogP contribution in [0.25, 0.3) is 0 Å². The van der Waals surface area contributed by atoms with Crippen molar-refractivity contribution in [2.45, 2.75) is 20.0 Å². The summed E-state index contributed by atoms with van der Waals surface area (Å²) in [6, 6.07) is 18.3. The molecule has 0 aromatic heterocycles. The van der Waals surface area contributed by atoms with Crippen LogP contribution in [0.15, 0.2) is 65.2 Å². The van der Waals surface area contributed by atoms with E-state index in [0.717, 1.165) is 0 Å². The highest BCUT2D eigenvalue weighted by molar-refractivity contribution is 6.55. The summed E-state index contributed by atoms with van der Waals surface area (Å²) in [7, 11) is 0. The van der Waals surface area contributed by atoms with E-state index < -0.39 is 12.1 Å². The zero-order chi connectivity index (χ0) is 20.3. The molecule has 0 aliphatic heterocycles. The molecule has 2 aromatic carbocycles. The molecule has 1 saturated carbocycles. The molecule has 0 heterocycles. The summed E-state index contributed by atoms with van der Waals surface area (Å²) < 4.78 is 11.4. The summed E-state index contributed by atoms with van der Waals surface area (Å²) in [5, 5.41) is 9.53. The predicted octanol–water partition coefficient (Wildman–Crippen LogP) is 6.18. The Morgan fingerprint density at radius 2 is 1.82 bits per heavy atom. The van der Waals surface area contributed by atoms with Crippen LogP contribution in [0.1, 0.15) is 25.5 Å². The molecule has 0 saturated heterocycles. The minimum Gasteiger partial charge on any atom is -0.457 e. The van der Waals surface area contributed by atoms with Crippen molar-refractivity contribution in [1.29, 1.82) is 5.26 Å². The zero-order valence-corrected chi connectivity index (χ0v) is 16.9. The summed E-state index contributed by atoms with van der Waals surface area (Å²) in [5.41, 5.74) is 0.231. The Morgan fingerprint density at radius 1 is 1.14 bits per heavy atom. The van der Waals surface area contributed by atoms with E-state index in [0.29, 0.717) is 17.1 Å². The maximum atomic E-state index is 12.6. The molecule has 0 amide bonds. The quantitative estimate of drug-likeness (QED) is 0.528. The smallest absolute Gasteiger partial charge is 0.311 e. The standard InChI is InChI=1S/C22H19Cl2NO3/c1-22(2)17(12-19(23)24)20(22)21(26)28-18(13-25)14-7-6-10-16(11-14)27-15-8-4-3-5-9-15/h3-12,17-18,20H,1-2H3/t17?,18-,20+/m1/s1. The monoisotopic (exact) mass is 415 g/mol. The van der Waals surface area contributed by atoms with E-state index in [4.69, 9.17) is 32.7 Å². The number of hydrogen-bond acceptors (Lipinski definition) is 4. The second-order valence-corrected chi connectivity index (χ2v) is 8.22. The minimum absolute atomic E-state index is 0.114. The first-order valence-electron chi connectivity index (χ1n) is 8.78. The average Bonchev–Trinajstić information content (AvgIpc) is 3.20. The summed E-state index contributed by atoms with van der Waals surface area (Å²) in [4.78, 5) is 12.6. The van der Waals surface area contributed by atoms with E-state index >= 15 is 0 Å². The molecule has 28 heavy (non-hydrogen) atoms. The number of nitrogens with zero attached hydrogens (tertiary/aromatic N) is 1. The Bertz CT molecular complexity index is 930. The Labute approximate surface area is 174 Å². The lowest BCUT2D eigenvalue weighted by Crippen LogP contribution is -2.14. The van der Waals surface area contributed by atoms with E-state index in [-0.39, 0.29) is 21.7 Å². The topological polar surface area (TPSA) is 59.3 Å². The van der Waals surface area contributed by atoms with Crippen molar-refractivity contribution in [2.75, 3.05) is 0 Å². The molecule has 6 heteroatoms. The van der Waals surface area contributed by atoms with Crippen molar-refractivity contribution in [3.05, 3.63) is 70.7 Å². The van der Waals surface area contributed by atoms with Crippen LogP contribution in [0.4, 0.5) is 0 Å². The number of esters is 1. The molecule has 144 valence electrons. The molecule has 0 radical (unpaired) electrons. The highest BCUT2D eigenvalue weighted by Gasteiger charge is 2.62. The van der Waals surface area contributed by atoms with E-state index in [2.05, 4.69) is 0 Å². The molecule has 2 aromatic rings. The maximum Gasteiger partial charge on any atom is 0.311 e. The number of para-hydroxylation sites is 1. The Hall–Kier alpha value is -2.48. The van der Waals surface area contributed by atoms with E-state index in [9.17, 15) is 10.1 Å². The fraction of sp³-hybridized carbons (Fsp3) is 0.273. The third-order valence-corrected chi connectivity index (χ3v) is 5.21. The molecule has 3 rings (SSSR count). The molecular weight excluding hydrogens is 397 g/mol. The van der Waals surface area contributed by atoms with Gasteiger partial charge in [-0.2, -0.15) is 5.26 Å². The van der Waals surface area contributed by atoms with Crippen molar-refractivity contribution < 1.29 is 14.3 Å². The van der Waals surface area contributed by atoms with Crippen molar-refractivity contribution in [1.82, 2.24) is 0 Å². The van der Waals surface area contributed by atoms with Gasteiger partial charge >= 0.3 is 5.97 Å². The highest BCUT2D eigenvalue weighted by Crippen LogP contribution is 2.60. The third-order valence-electron chi connectivity index (χ3n) is 4.96. The van der Waals surface area contributed by atoms with Gasteiger partial charge in [-0.05, 0) is 41.7 Å². The molecule has 0 N–H and O–H groups in total. The summed E-state index contributed by atoms with van der Waals surface area (Å²) in [6.45, 7) is 3.87. The lowest BCUT2D eigenvalue weighted by molar-refractivity contribution is -0.149. The van der Waals surface area contributed by atoms with Gasteiger partial charge in [-0.1, -0.05) is 67.4 Å². The second kappa shape index (κ2) is 8.26. The number of carbonyl (C=O) groups is 1. The molecule has 1 unspecified atom stereocenters. The normalized spacial score (nSPS) is 20.4. The number of benzene rings is 2. The van der Waals surface area contributed by atoms with Gasteiger partial charge in [0.15, 0.2) is 0 Å². The van der Waals surface area contributed by atoms with Crippen molar-refractivity contribution in [3.8, 4) is 17.6 Å². The van der Waals surface area contributed by atoms with Crippen LogP contribution in [0.3, 0.4) is 0 Å². The summed E-state index contributed by atoms with van der Waals surface area (Å²) in [6.07, 6.45) is 0.615. The molecule has 4 nitrogen and oxygen atoms in total. The molecule has 3 atom stereocenters. The van der Waals surface area contributed by atoms with Gasteiger partial charge in [0.2, 0.25) is 6.10 Å². The van der Waals surface area contributed by atoms with Gasteiger partial charge in [-0.3, -0.25) is 4.79 Å². The average molecular weight is 416 g/mol. The number of nitriles is 1. The van der Waals surface area contributed by atoms with Crippen molar-refractivity contribution >= 4 is 29.2 Å². The van der Waals surface area contributed by atoms with E-state index in [1.807, 2.05) is 50.2 Å². The fourth-order valence-corrected chi connectivity index (χ4v) is 3.57. The fourth-order valence-electron chi connectivity index (χ4n) is 3.30. The number of ether oxygens (including phenoxy) is 2. The molecule has 1 fully saturated rings. The van der Waals surface area contributed by atoms with Crippen LogP contribution in [0.2, 0.25) is 0 Å². The molecule has 1 aliphatic rings. The zero-order valence-electron chi connectivity index (χ0n) is 15.4. The number of rotatable bonds is 6. The third kappa shape index (κ3) is 4.49. The van der Waals surface area contributed by atoms with Gasteiger partial charge in [0, 0.05) is 5.56 Å². The van der Waals surface area contributed by atoms with Gasteiger partial charge in [-0.25, -0.2) is 0 Å². The Kier molecular flexibility index (Phi) is 5.98. The SMILES string of the molecule is CC1(C)C(C=C(Cl)Cl)[C@H]1C(=O)O[C@H](C#N)c1cccc(Oc2ccccc2)c1. The van der Waals surface area contributed by atoms with Gasteiger partial charge in [0.05, 0.1) is 5.92 Å². The maximum absolute atomic E-state index is 12.6. The first-order chi connectivity index (χ1) is 13.3.